The van der Waals surface area contributed by atoms with Crippen molar-refractivity contribution in [2.24, 2.45) is 5.41 Å². The van der Waals surface area contributed by atoms with Crippen LogP contribution in [0.15, 0.2) is 10.7 Å². The van der Waals surface area contributed by atoms with Crippen molar-refractivity contribution in [1.82, 2.24) is 9.97 Å². The Kier molecular flexibility index (Phi) is 4.82. The standard InChI is InChI=1S/C15H24BrN3/c1-4-7-13-18-12(16)10-14(19-13)17-11-8-5-6-9-15(11,2)3/h10-11H,4-9H2,1-3H3,(H,17,18,19). The zero-order valence-electron chi connectivity index (χ0n) is 12.2. The molecule has 1 saturated carbocycles. The maximum atomic E-state index is 4.63. The zero-order valence-corrected chi connectivity index (χ0v) is 13.8. The van der Waals surface area contributed by atoms with E-state index < -0.39 is 0 Å². The number of hydrogen-bond acceptors (Lipinski definition) is 3. The molecule has 0 bridgehead atoms. The van der Waals surface area contributed by atoms with Crippen molar-refractivity contribution in [3.05, 3.63) is 16.5 Å². The Morgan fingerprint density at radius 1 is 1.37 bits per heavy atom. The maximum Gasteiger partial charge on any atom is 0.132 e. The Bertz CT molecular complexity index is 431. The van der Waals surface area contributed by atoms with Gasteiger partial charge < -0.3 is 5.32 Å². The number of nitrogens with zero attached hydrogens (tertiary/aromatic N) is 2. The van der Waals surface area contributed by atoms with Gasteiger partial charge in [-0.2, -0.15) is 0 Å². The summed E-state index contributed by atoms with van der Waals surface area (Å²) in [5, 5.41) is 3.63. The van der Waals surface area contributed by atoms with Gasteiger partial charge in [0.1, 0.15) is 16.2 Å². The molecule has 0 spiro atoms. The van der Waals surface area contributed by atoms with Gasteiger partial charge in [-0.1, -0.05) is 33.6 Å². The average molecular weight is 326 g/mol. The van der Waals surface area contributed by atoms with Crippen molar-refractivity contribution in [3.8, 4) is 0 Å². The van der Waals surface area contributed by atoms with E-state index in [-0.39, 0.29) is 0 Å². The molecule has 19 heavy (non-hydrogen) atoms. The van der Waals surface area contributed by atoms with Crippen LogP contribution in [-0.4, -0.2) is 16.0 Å². The lowest BCUT2D eigenvalue weighted by Crippen LogP contribution is -2.39. The predicted molar refractivity (Wildman–Crippen MR) is 83.4 cm³/mol. The lowest BCUT2D eigenvalue weighted by Gasteiger charge is -2.39. The second-order valence-electron chi connectivity index (χ2n) is 6.17. The van der Waals surface area contributed by atoms with Gasteiger partial charge in [0.05, 0.1) is 0 Å². The molecular formula is C15H24BrN3. The van der Waals surface area contributed by atoms with Crippen molar-refractivity contribution in [3.63, 3.8) is 0 Å². The zero-order chi connectivity index (χ0) is 13.9. The van der Waals surface area contributed by atoms with Gasteiger partial charge in [0.15, 0.2) is 0 Å². The van der Waals surface area contributed by atoms with Crippen LogP contribution in [0.2, 0.25) is 0 Å². The molecule has 0 radical (unpaired) electrons. The Morgan fingerprint density at radius 3 is 2.84 bits per heavy atom. The second-order valence-corrected chi connectivity index (χ2v) is 6.99. The van der Waals surface area contributed by atoms with Crippen molar-refractivity contribution >= 4 is 21.7 Å². The van der Waals surface area contributed by atoms with Crippen LogP contribution in [0.3, 0.4) is 0 Å². The molecule has 1 N–H and O–H groups in total. The van der Waals surface area contributed by atoms with Crippen molar-refractivity contribution in [2.45, 2.75) is 65.3 Å². The Hall–Kier alpha value is -0.640. The summed E-state index contributed by atoms with van der Waals surface area (Å²) in [6.07, 6.45) is 7.19. The molecule has 0 saturated heterocycles. The molecule has 0 aliphatic heterocycles. The van der Waals surface area contributed by atoms with E-state index in [0.717, 1.165) is 29.1 Å². The van der Waals surface area contributed by atoms with Crippen molar-refractivity contribution < 1.29 is 0 Å². The minimum Gasteiger partial charge on any atom is -0.367 e. The lowest BCUT2D eigenvalue weighted by atomic mass is 9.73. The van der Waals surface area contributed by atoms with Crippen LogP contribution in [-0.2, 0) is 6.42 Å². The van der Waals surface area contributed by atoms with Gasteiger partial charge in [-0.3, -0.25) is 0 Å². The molecule has 1 fully saturated rings. The van der Waals surface area contributed by atoms with Gasteiger partial charge in [0.2, 0.25) is 0 Å². The normalized spacial score (nSPS) is 22.2. The third-order valence-corrected chi connectivity index (χ3v) is 4.45. The molecular weight excluding hydrogens is 302 g/mol. The Labute approximate surface area is 124 Å². The van der Waals surface area contributed by atoms with Crippen LogP contribution < -0.4 is 5.32 Å². The summed E-state index contributed by atoms with van der Waals surface area (Å²) in [5.41, 5.74) is 0.348. The van der Waals surface area contributed by atoms with Gasteiger partial charge in [0, 0.05) is 18.5 Å². The molecule has 1 heterocycles. The summed E-state index contributed by atoms with van der Waals surface area (Å²) >= 11 is 3.49. The molecule has 1 aromatic heterocycles. The Morgan fingerprint density at radius 2 is 2.16 bits per heavy atom. The molecule has 2 rings (SSSR count). The number of rotatable bonds is 4. The molecule has 1 aromatic rings. The third-order valence-electron chi connectivity index (χ3n) is 4.04. The topological polar surface area (TPSA) is 37.8 Å². The highest BCUT2D eigenvalue weighted by Crippen LogP contribution is 2.37. The third kappa shape index (κ3) is 3.91. The van der Waals surface area contributed by atoms with Gasteiger partial charge in [-0.25, -0.2) is 9.97 Å². The van der Waals surface area contributed by atoms with Crippen LogP contribution in [0.25, 0.3) is 0 Å². The van der Waals surface area contributed by atoms with Crippen molar-refractivity contribution in [2.75, 3.05) is 5.32 Å². The fourth-order valence-electron chi connectivity index (χ4n) is 2.81. The second kappa shape index (κ2) is 6.21. The quantitative estimate of drug-likeness (QED) is 0.824. The SMILES string of the molecule is CCCc1nc(Br)cc(NC2CCCCC2(C)C)n1. The van der Waals surface area contributed by atoms with Crippen LogP contribution in [0.5, 0.6) is 0 Å². The Balaban J connectivity index is 2.13. The van der Waals surface area contributed by atoms with Crippen molar-refractivity contribution in [1.29, 1.82) is 0 Å². The number of halogens is 1. The first kappa shape index (κ1) is 14.8. The monoisotopic (exact) mass is 325 g/mol. The van der Waals surface area contributed by atoms with E-state index in [9.17, 15) is 0 Å². The number of aromatic nitrogens is 2. The first-order valence-electron chi connectivity index (χ1n) is 7.31. The van der Waals surface area contributed by atoms with Crippen LogP contribution in [0.4, 0.5) is 5.82 Å². The maximum absolute atomic E-state index is 4.63. The number of hydrogen-bond donors (Lipinski definition) is 1. The van der Waals surface area contributed by atoms with Gasteiger partial charge in [-0.15, -0.1) is 0 Å². The van der Waals surface area contributed by atoms with Gasteiger partial charge >= 0.3 is 0 Å². The summed E-state index contributed by atoms with van der Waals surface area (Å²) in [6, 6.07) is 2.50. The molecule has 3 nitrogen and oxygen atoms in total. The minimum absolute atomic E-state index is 0.348. The number of nitrogens with one attached hydrogen (secondary N) is 1. The predicted octanol–water partition coefficient (Wildman–Crippen LogP) is 4.57. The summed E-state index contributed by atoms with van der Waals surface area (Å²) < 4.78 is 0.877. The van der Waals surface area contributed by atoms with E-state index in [2.05, 4.69) is 52.0 Å². The first-order valence-corrected chi connectivity index (χ1v) is 8.10. The molecule has 1 unspecified atom stereocenters. The molecule has 0 aromatic carbocycles. The highest BCUT2D eigenvalue weighted by Gasteiger charge is 2.32. The number of aryl methyl sites for hydroxylation is 1. The summed E-state index contributed by atoms with van der Waals surface area (Å²) in [5.74, 6) is 1.89. The van der Waals surface area contributed by atoms with E-state index in [0.29, 0.717) is 11.5 Å². The van der Waals surface area contributed by atoms with E-state index in [4.69, 9.17) is 0 Å². The van der Waals surface area contributed by atoms with E-state index in [1.165, 1.54) is 25.7 Å². The average Bonchev–Trinajstić information content (AvgIpc) is 2.31. The highest BCUT2D eigenvalue weighted by atomic mass is 79.9. The molecule has 1 aliphatic carbocycles. The molecule has 1 aliphatic rings. The highest BCUT2D eigenvalue weighted by molar-refractivity contribution is 9.10. The largest absolute Gasteiger partial charge is 0.367 e. The smallest absolute Gasteiger partial charge is 0.132 e. The molecule has 106 valence electrons. The molecule has 4 heteroatoms. The van der Waals surface area contributed by atoms with Crippen LogP contribution >= 0.6 is 15.9 Å². The molecule has 1 atom stereocenters. The number of anilines is 1. The fraction of sp³-hybridized carbons (Fsp3) is 0.733. The van der Waals surface area contributed by atoms with E-state index in [1.54, 1.807) is 0 Å². The van der Waals surface area contributed by atoms with Gasteiger partial charge in [-0.05, 0) is 40.6 Å². The van der Waals surface area contributed by atoms with E-state index >= 15 is 0 Å². The van der Waals surface area contributed by atoms with Crippen LogP contribution in [0.1, 0.15) is 58.7 Å². The fourth-order valence-corrected chi connectivity index (χ4v) is 3.24. The van der Waals surface area contributed by atoms with E-state index in [1.807, 2.05) is 6.07 Å². The summed E-state index contributed by atoms with van der Waals surface area (Å²) in [4.78, 5) is 9.05. The summed E-state index contributed by atoms with van der Waals surface area (Å²) in [7, 11) is 0. The van der Waals surface area contributed by atoms with Gasteiger partial charge in [0.25, 0.3) is 0 Å². The summed E-state index contributed by atoms with van der Waals surface area (Å²) in [6.45, 7) is 6.86. The minimum atomic E-state index is 0.348. The lowest BCUT2D eigenvalue weighted by molar-refractivity contribution is 0.216. The molecule has 0 amide bonds. The van der Waals surface area contributed by atoms with Crippen LogP contribution in [0, 0.1) is 5.41 Å². The first-order chi connectivity index (χ1) is 9.01.